The van der Waals surface area contributed by atoms with Gasteiger partial charge in [0.15, 0.2) is 0 Å². The molecule has 1 aromatic carbocycles. The summed E-state index contributed by atoms with van der Waals surface area (Å²) in [5.74, 6) is 0. The van der Waals surface area contributed by atoms with Crippen molar-refractivity contribution in [2.75, 3.05) is 0 Å². The first-order valence-corrected chi connectivity index (χ1v) is 7.28. The van der Waals surface area contributed by atoms with Crippen molar-refractivity contribution >= 4 is 38.9 Å². The van der Waals surface area contributed by atoms with Crippen molar-refractivity contribution in [3.8, 4) is 0 Å². The Morgan fingerprint density at radius 1 is 1.41 bits per heavy atom. The van der Waals surface area contributed by atoms with Crippen LogP contribution in [0.2, 0.25) is 5.02 Å². The molecule has 0 spiro atoms. The van der Waals surface area contributed by atoms with Gasteiger partial charge in [-0.25, -0.2) is 0 Å². The van der Waals surface area contributed by atoms with Crippen molar-refractivity contribution in [1.82, 2.24) is 0 Å². The number of aliphatic hydroxyl groups is 1. The van der Waals surface area contributed by atoms with E-state index >= 15 is 0 Å². The summed E-state index contributed by atoms with van der Waals surface area (Å²) in [5, 5.41) is 12.8. The summed E-state index contributed by atoms with van der Waals surface area (Å²) >= 11 is 11.2. The van der Waals surface area contributed by atoms with Gasteiger partial charge in [0.2, 0.25) is 0 Å². The summed E-state index contributed by atoms with van der Waals surface area (Å²) in [6, 6.07) is 7.76. The topological polar surface area (TPSA) is 20.2 Å². The highest BCUT2D eigenvalue weighted by molar-refractivity contribution is 9.10. The molecule has 0 aliphatic carbocycles. The van der Waals surface area contributed by atoms with Crippen LogP contribution in [0.5, 0.6) is 0 Å². The molecular weight excluding hydrogens is 320 g/mol. The molecule has 2 aromatic rings. The largest absolute Gasteiger partial charge is 0.388 e. The smallest absolute Gasteiger partial charge is 0.0852 e. The second-order valence-electron chi connectivity index (χ2n) is 3.98. The van der Waals surface area contributed by atoms with E-state index in [-0.39, 0.29) is 0 Å². The fourth-order valence-corrected chi connectivity index (χ4v) is 3.51. The second kappa shape index (κ2) is 5.53. The number of halogens is 2. The van der Waals surface area contributed by atoms with Gasteiger partial charge < -0.3 is 5.11 Å². The lowest BCUT2D eigenvalue weighted by Gasteiger charge is -2.12. The van der Waals surface area contributed by atoms with E-state index in [2.05, 4.69) is 15.9 Å². The molecule has 0 radical (unpaired) electrons. The maximum absolute atomic E-state index is 10.2. The molecule has 1 atom stereocenters. The molecule has 1 nitrogen and oxygen atoms in total. The lowest BCUT2D eigenvalue weighted by molar-refractivity contribution is 0.179. The van der Waals surface area contributed by atoms with Crippen LogP contribution in [0.1, 0.15) is 22.1 Å². The van der Waals surface area contributed by atoms with Crippen LogP contribution in [-0.2, 0) is 6.42 Å². The maximum Gasteiger partial charge on any atom is 0.0852 e. The highest BCUT2D eigenvalue weighted by atomic mass is 79.9. The summed E-state index contributed by atoms with van der Waals surface area (Å²) in [7, 11) is 0. The molecule has 0 saturated carbocycles. The van der Waals surface area contributed by atoms with Gasteiger partial charge in [0.25, 0.3) is 0 Å². The Hall–Kier alpha value is -0.350. The number of aliphatic hydroxyl groups excluding tert-OH is 1. The molecule has 1 aromatic heterocycles. The van der Waals surface area contributed by atoms with Gasteiger partial charge in [-0.2, -0.15) is 0 Å². The van der Waals surface area contributed by atoms with Crippen LogP contribution in [0, 0.1) is 6.92 Å². The second-order valence-corrected chi connectivity index (χ2v) is 6.29. The zero-order valence-electron chi connectivity index (χ0n) is 9.28. The highest BCUT2D eigenvalue weighted by Crippen LogP contribution is 2.29. The minimum atomic E-state index is -0.548. The van der Waals surface area contributed by atoms with Crippen LogP contribution >= 0.6 is 38.9 Å². The molecule has 17 heavy (non-hydrogen) atoms. The molecule has 0 saturated heterocycles. The Kier molecular flexibility index (Phi) is 4.26. The third-order valence-corrected chi connectivity index (χ3v) is 4.58. The first kappa shape index (κ1) is 13.1. The van der Waals surface area contributed by atoms with Crippen LogP contribution in [0.15, 0.2) is 34.1 Å². The summed E-state index contributed by atoms with van der Waals surface area (Å²) in [4.78, 5) is 1.14. The van der Waals surface area contributed by atoms with Gasteiger partial charge in [0.05, 0.1) is 6.10 Å². The van der Waals surface area contributed by atoms with Crippen molar-refractivity contribution in [2.24, 2.45) is 0 Å². The van der Waals surface area contributed by atoms with Crippen molar-refractivity contribution in [3.63, 3.8) is 0 Å². The molecule has 0 aliphatic heterocycles. The zero-order valence-corrected chi connectivity index (χ0v) is 12.4. The Bertz CT molecular complexity index is 524. The van der Waals surface area contributed by atoms with Gasteiger partial charge in [0.1, 0.15) is 0 Å². The van der Waals surface area contributed by atoms with Crippen LogP contribution in [-0.4, -0.2) is 5.11 Å². The summed E-state index contributed by atoms with van der Waals surface area (Å²) in [6.45, 7) is 1.98. The SMILES string of the molecule is Cc1ccc(C(O)Cc2cc(Br)cs2)c(Cl)c1. The molecule has 1 N–H and O–H groups in total. The van der Waals surface area contributed by atoms with E-state index in [0.717, 1.165) is 20.5 Å². The third kappa shape index (κ3) is 3.32. The average Bonchev–Trinajstić information content (AvgIpc) is 2.63. The summed E-state index contributed by atoms with van der Waals surface area (Å²) in [6.07, 6.45) is 0.0487. The molecular formula is C13H12BrClOS. The number of thiophene rings is 1. The van der Waals surface area contributed by atoms with E-state index < -0.39 is 6.10 Å². The van der Waals surface area contributed by atoms with E-state index in [0.29, 0.717) is 11.4 Å². The Balaban J connectivity index is 2.17. The normalized spacial score (nSPS) is 12.7. The molecule has 0 bridgehead atoms. The van der Waals surface area contributed by atoms with E-state index in [1.807, 2.05) is 36.6 Å². The standard InChI is InChI=1S/C13H12BrClOS/c1-8-2-3-11(12(15)4-8)13(16)6-10-5-9(14)7-17-10/h2-5,7,13,16H,6H2,1H3. The van der Waals surface area contributed by atoms with E-state index in [4.69, 9.17) is 11.6 Å². The van der Waals surface area contributed by atoms with E-state index in [1.54, 1.807) is 11.3 Å². The van der Waals surface area contributed by atoms with Gasteiger partial charge in [-0.1, -0.05) is 23.7 Å². The molecule has 0 amide bonds. The van der Waals surface area contributed by atoms with Crippen molar-refractivity contribution < 1.29 is 5.11 Å². The number of hydrogen-bond acceptors (Lipinski definition) is 2. The van der Waals surface area contributed by atoms with Crippen molar-refractivity contribution in [2.45, 2.75) is 19.4 Å². The molecule has 4 heteroatoms. The van der Waals surface area contributed by atoms with Crippen LogP contribution in [0.25, 0.3) is 0 Å². The Labute approximate surface area is 118 Å². The predicted molar refractivity (Wildman–Crippen MR) is 76.9 cm³/mol. The van der Waals surface area contributed by atoms with Crippen LogP contribution < -0.4 is 0 Å². The van der Waals surface area contributed by atoms with Crippen LogP contribution in [0.3, 0.4) is 0 Å². The number of rotatable bonds is 3. The van der Waals surface area contributed by atoms with Gasteiger partial charge in [-0.05, 0) is 46.1 Å². The highest BCUT2D eigenvalue weighted by Gasteiger charge is 2.13. The molecule has 1 unspecified atom stereocenters. The first-order chi connectivity index (χ1) is 8.06. The van der Waals surface area contributed by atoms with Crippen molar-refractivity contribution in [1.29, 1.82) is 0 Å². The van der Waals surface area contributed by atoms with Gasteiger partial charge >= 0.3 is 0 Å². The number of hydrogen-bond donors (Lipinski definition) is 1. The summed E-state index contributed by atoms with van der Waals surface area (Å²) in [5.41, 5.74) is 1.90. The fraction of sp³-hybridized carbons (Fsp3) is 0.231. The number of aryl methyl sites for hydroxylation is 1. The molecule has 2 rings (SSSR count). The van der Waals surface area contributed by atoms with E-state index in [1.165, 1.54) is 0 Å². The third-order valence-electron chi connectivity index (χ3n) is 2.53. The lowest BCUT2D eigenvalue weighted by Crippen LogP contribution is -2.01. The maximum atomic E-state index is 10.2. The lowest BCUT2D eigenvalue weighted by atomic mass is 10.0. The molecule has 0 fully saturated rings. The Morgan fingerprint density at radius 2 is 2.18 bits per heavy atom. The minimum Gasteiger partial charge on any atom is -0.388 e. The summed E-state index contributed by atoms with van der Waals surface area (Å²) < 4.78 is 1.06. The van der Waals surface area contributed by atoms with Gasteiger partial charge in [-0.3, -0.25) is 0 Å². The molecule has 90 valence electrons. The molecule has 0 aliphatic rings. The average molecular weight is 332 g/mol. The van der Waals surface area contributed by atoms with Gasteiger partial charge in [-0.15, -0.1) is 11.3 Å². The molecule has 1 heterocycles. The predicted octanol–water partition coefficient (Wildman–Crippen LogP) is 4.75. The zero-order chi connectivity index (χ0) is 12.4. The first-order valence-electron chi connectivity index (χ1n) is 5.23. The van der Waals surface area contributed by atoms with Crippen LogP contribution in [0.4, 0.5) is 0 Å². The monoisotopic (exact) mass is 330 g/mol. The minimum absolute atomic E-state index is 0.548. The van der Waals surface area contributed by atoms with Crippen molar-refractivity contribution in [3.05, 3.63) is 55.1 Å². The number of benzene rings is 1. The quantitative estimate of drug-likeness (QED) is 0.860. The Morgan fingerprint density at radius 3 is 2.76 bits per heavy atom. The van der Waals surface area contributed by atoms with E-state index in [9.17, 15) is 5.11 Å². The van der Waals surface area contributed by atoms with Gasteiger partial charge in [0, 0.05) is 26.2 Å². The fourth-order valence-electron chi connectivity index (χ4n) is 1.66.